The van der Waals surface area contributed by atoms with Crippen LogP contribution >= 0.6 is 0 Å². The van der Waals surface area contributed by atoms with Gasteiger partial charge in [-0.3, -0.25) is 0 Å². The van der Waals surface area contributed by atoms with Crippen LogP contribution in [0.1, 0.15) is 36.5 Å². The van der Waals surface area contributed by atoms with Gasteiger partial charge in [0.2, 0.25) is 0 Å². The van der Waals surface area contributed by atoms with E-state index in [1.165, 1.54) is 12.5 Å². The van der Waals surface area contributed by atoms with E-state index in [4.69, 9.17) is 5.11 Å². The predicted molar refractivity (Wildman–Crippen MR) is 72.4 cm³/mol. The van der Waals surface area contributed by atoms with E-state index in [9.17, 15) is 9.59 Å². The Labute approximate surface area is 112 Å². The lowest BCUT2D eigenvalue weighted by atomic mass is 9.70. The van der Waals surface area contributed by atoms with Gasteiger partial charge in [-0.05, 0) is 30.4 Å². The van der Waals surface area contributed by atoms with Gasteiger partial charge in [-0.15, -0.1) is 0 Å². The van der Waals surface area contributed by atoms with E-state index in [-0.39, 0.29) is 17.0 Å². The van der Waals surface area contributed by atoms with Crippen molar-refractivity contribution >= 4 is 17.7 Å². The number of carboxylic acids is 1. The van der Waals surface area contributed by atoms with Gasteiger partial charge >= 0.3 is 12.0 Å². The summed E-state index contributed by atoms with van der Waals surface area (Å²) in [4.78, 5) is 22.8. The number of nitrogens with one attached hydrogen (secondary N) is 2. The summed E-state index contributed by atoms with van der Waals surface area (Å²) >= 11 is 0. The number of amides is 2. The average Bonchev–Trinajstić information content (AvgIpc) is 2.34. The fourth-order valence-electron chi connectivity index (χ4n) is 2.20. The second-order valence-corrected chi connectivity index (χ2v) is 5.32. The van der Waals surface area contributed by atoms with Crippen LogP contribution in [-0.2, 0) is 0 Å². The first-order chi connectivity index (χ1) is 9.00. The number of carbonyl (C=O) groups excluding carboxylic acids is 1. The summed E-state index contributed by atoms with van der Waals surface area (Å²) in [6, 6.07) is 6.00. The number of anilines is 1. The van der Waals surface area contributed by atoms with Crippen molar-refractivity contribution in [2.45, 2.75) is 26.2 Å². The molecule has 0 atom stereocenters. The minimum Gasteiger partial charge on any atom is -0.478 e. The van der Waals surface area contributed by atoms with E-state index in [0.717, 1.165) is 12.8 Å². The fraction of sp³-hybridized carbons (Fsp3) is 0.429. The molecule has 1 aromatic rings. The first-order valence-electron chi connectivity index (χ1n) is 6.37. The highest BCUT2D eigenvalue weighted by atomic mass is 16.4. The molecule has 1 aromatic carbocycles. The minimum absolute atomic E-state index is 0.0903. The molecule has 1 fully saturated rings. The van der Waals surface area contributed by atoms with Crippen LogP contribution in [0.2, 0.25) is 0 Å². The highest BCUT2D eigenvalue weighted by molar-refractivity contribution is 5.99. The monoisotopic (exact) mass is 262 g/mol. The quantitative estimate of drug-likeness (QED) is 0.780. The Hall–Kier alpha value is -2.04. The number of hydrogen-bond donors (Lipinski definition) is 3. The second kappa shape index (κ2) is 5.30. The number of aromatic carboxylic acids is 1. The van der Waals surface area contributed by atoms with Gasteiger partial charge in [0, 0.05) is 6.54 Å². The number of carbonyl (C=O) groups is 2. The maximum atomic E-state index is 11.8. The van der Waals surface area contributed by atoms with E-state index < -0.39 is 5.97 Å². The Balaban J connectivity index is 1.93. The number of urea groups is 1. The summed E-state index contributed by atoms with van der Waals surface area (Å²) in [7, 11) is 0. The molecule has 0 unspecified atom stereocenters. The summed E-state index contributed by atoms with van der Waals surface area (Å²) < 4.78 is 0. The molecule has 2 rings (SSSR count). The van der Waals surface area contributed by atoms with Gasteiger partial charge < -0.3 is 15.7 Å². The van der Waals surface area contributed by atoms with Crippen LogP contribution in [0.25, 0.3) is 0 Å². The Morgan fingerprint density at radius 3 is 2.58 bits per heavy atom. The molecule has 5 nitrogen and oxygen atoms in total. The standard InChI is InChI=1S/C14H18N2O3/c1-14(7-4-8-14)9-15-13(19)16-11-6-3-2-5-10(11)12(17)18/h2-3,5-6H,4,7-9H2,1H3,(H,17,18)(H2,15,16,19). The summed E-state index contributed by atoms with van der Waals surface area (Å²) in [5.74, 6) is -1.05. The highest BCUT2D eigenvalue weighted by Crippen LogP contribution is 2.39. The zero-order chi connectivity index (χ0) is 13.9. The second-order valence-electron chi connectivity index (χ2n) is 5.32. The van der Waals surface area contributed by atoms with Gasteiger partial charge in [0.15, 0.2) is 0 Å². The third-order valence-corrected chi connectivity index (χ3v) is 3.64. The first-order valence-corrected chi connectivity index (χ1v) is 6.37. The van der Waals surface area contributed by atoms with Crippen LogP contribution < -0.4 is 10.6 Å². The van der Waals surface area contributed by atoms with Crippen molar-refractivity contribution in [3.63, 3.8) is 0 Å². The van der Waals surface area contributed by atoms with Crippen LogP contribution in [0.4, 0.5) is 10.5 Å². The molecular weight excluding hydrogens is 244 g/mol. The summed E-state index contributed by atoms with van der Waals surface area (Å²) in [6.45, 7) is 2.76. The number of rotatable bonds is 4. The lowest BCUT2D eigenvalue weighted by Crippen LogP contribution is -2.41. The molecule has 0 aliphatic heterocycles. The van der Waals surface area contributed by atoms with Crippen molar-refractivity contribution in [1.29, 1.82) is 0 Å². The lowest BCUT2D eigenvalue weighted by Gasteiger charge is -2.38. The minimum atomic E-state index is -1.05. The Morgan fingerprint density at radius 1 is 1.32 bits per heavy atom. The van der Waals surface area contributed by atoms with Crippen molar-refractivity contribution in [1.82, 2.24) is 5.32 Å². The Morgan fingerprint density at radius 2 is 2.00 bits per heavy atom. The van der Waals surface area contributed by atoms with Gasteiger partial charge in [-0.25, -0.2) is 9.59 Å². The summed E-state index contributed by atoms with van der Waals surface area (Å²) in [5.41, 5.74) is 0.600. The molecule has 19 heavy (non-hydrogen) atoms. The molecule has 0 spiro atoms. The molecule has 3 N–H and O–H groups in total. The molecule has 0 bridgehead atoms. The number of hydrogen-bond acceptors (Lipinski definition) is 2. The molecule has 0 heterocycles. The van der Waals surface area contributed by atoms with Crippen molar-refractivity contribution in [2.75, 3.05) is 11.9 Å². The molecule has 102 valence electrons. The van der Waals surface area contributed by atoms with E-state index in [1.807, 2.05) is 0 Å². The summed E-state index contributed by atoms with van der Waals surface area (Å²) in [5, 5.41) is 14.4. The molecule has 1 aliphatic carbocycles. The maximum Gasteiger partial charge on any atom is 0.337 e. The molecule has 1 aliphatic rings. The van der Waals surface area contributed by atoms with Crippen molar-refractivity contribution in [3.8, 4) is 0 Å². The van der Waals surface area contributed by atoms with Gasteiger partial charge in [0.25, 0.3) is 0 Å². The molecular formula is C14H18N2O3. The van der Waals surface area contributed by atoms with Crippen molar-refractivity contribution in [3.05, 3.63) is 29.8 Å². The van der Waals surface area contributed by atoms with Crippen LogP contribution in [0, 0.1) is 5.41 Å². The van der Waals surface area contributed by atoms with Crippen LogP contribution in [0.3, 0.4) is 0 Å². The van der Waals surface area contributed by atoms with Gasteiger partial charge in [-0.1, -0.05) is 25.5 Å². The SMILES string of the molecule is CC1(CNC(=O)Nc2ccccc2C(=O)O)CCC1. The van der Waals surface area contributed by atoms with Crippen LogP contribution in [0.15, 0.2) is 24.3 Å². The Kier molecular flexibility index (Phi) is 3.74. The van der Waals surface area contributed by atoms with Gasteiger partial charge in [-0.2, -0.15) is 0 Å². The Bertz CT molecular complexity index is 495. The molecule has 1 saturated carbocycles. The normalized spacial score (nSPS) is 16.3. The smallest absolute Gasteiger partial charge is 0.337 e. The number of carboxylic acid groups (broad SMARTS) is 1. The third-order valence-electron chi connectivity index (χ3n) is 3.64. The van der Waals surface area contributed by atoms with Crippen LogP contribution in [-0.4, -0.2) is 23.7 Å². The average molecular weight is 262 g/mol. The van der Waals surface area contributed by atoms with Gasteiger partial charge in [0.1, 0.15) is 0 Å². The highest BCUT2D eigenvalue weighted by Gasteiger charge is 2.31. The van der Waals surface area contributed by atoms with Gasteiger partial charge in [0.05, 0.1) is 11.3 Å². The van der Waals surface area contributed by atoms with Crippen molar-refractivity contribution < 1.29 is 14.7 Å². The van der Waals surface area contributed by atoms with Crippen LogP contribution in [0.5, 0.6) is 0 Å². The van der Waals surface area contributed by atoms with E-state index in [2.05, 4.69) is 17.6 Å². The number of benzene rings is 1. The van der Waals surface area contributed by atoms with E-state index >= 15 is 0 Å². The molecule has 0 saturated heterocycles. The number of para-hydroxylation sites is 1. The summed E-state index contributed by atoms with van der Waals surface area (Å²) in [6.07, 6.45) is 3.46. The molecule has 2 amide bonds. The molecule has 0 radical (unpaired) electrons. The fourth-order valence-corrected chi connectivity index (χ4v) is 2.20. The van der Waals surface area contributed by atoms with Crippen molar-refractivity contribution in [2.24, 2.45) is 5.41 Å². The lowest BCUT2D eigenvalue weighted by molar-refractivity contribution is 0.0698. The first kappa shape index (κ1) is 13.4. The molecule has 5 heteroatoms. The zero-order valence-electron chi connectivity index (χ0n) is 10.9. The molecule has 0 aromatic heterocycles. The van der Waals surface area contributed by atoms with E-state index in [0.29, 0.717) is 12.2 Å². The largest absolute Gasteiger partial charge is 0.478 e. The zero-order valence-corrected chi connectivity index (χ0v) is 10.9. The third kappa shape index (κ3) is 3.24. The van der Waals surface area contributed by atoms with E-state index in [1.54, 1.807) is 18.2 Å². The topological polar surface area (TPSA) is 78.4 Å². The predicted octanol–water partition coefficient (Wildman–Crippen LogP) is 2.70. The maximum absolute atomic E-state index is 11.8.